The molecule has 0 N–H and O–H groups in total. The van der Waals surface area contributed by atoms with Crippen molar-refractivity contribution in [2.75, 3.05) is 20.6 Å². The van der Waals surface area contributed by atoms with Crippen molar-refractivity contribution >= 4 is 41.7 Å². The molecular formula is C29H36Cl2N2O5. The van der Waals surface area contributed by atoms with Crippen molar-refractivity contribution in [1.82, 2.24) is 9.88 Å². The van der Waals surface area contributed by atoms with E-state index in [-0.39, 0.29) is 43.4 Å². The third-order valence-electron chi connectivity index (χ3n) is 6.66. The molecule has 9 heteroatoms. The quantitative estimate of drug-likeness (QED) is 0.300. The number of esters is 1. The number of rotatable bonds is 8. The number of hydrogen-bond donors (Lipinski definition) is 0. The van der Waals surface area contributed by atoms with E-state index in [2.05, 4.69) is 11.1 Å². The molecule has 5 rings (SSSR count). The van der Waals surface area contributed by atoms with Crippen molar-refractivity contribution in [3.05, 3.63) is 65.9 Å². The molecule has 1 fully saturated rings. The minimum absolute atomic E-state index is 0. The number of benzene rings is 2. The summed E-state index contributed by atoms with van der Waals surface area (Å²) in [4.78, 5) is 19.0. The number of hydrogen-bond acceptors (Lipinski definition) is 7. The predicted molar refractivity (Wildman–Crippen MR) is 151 cm³/mol. The van der Waals surface area contributed by atoms with Gasteiger partial charge in [-0.2, -0.15) is 0 Å². The molecule has 1 aromatic heterocycles. The van der Waals surface area contributed by atoms with Crippen LogP contribution in [-0.2, 0) is 20.9 Å². The third-order valence-corrected chi connectivity index (χ3v) is 6.66. The van der Waals surface area contributed by atoms with Crippen LogP contribution in [0.3, 0.4) is 0 Å². The van der Waals surface area contributed by atoms with Gasteiger partial charge in [0.25, 0.3) is 0 Å². The molecule has 1 aliphatic heterocycles. The average Bonchev–Trinajstić information content (AvgIpc) is 2.87. The van der Waals surface area contributed by atoms with Crippen molar-refractivity contribution < 1.29 is 23.7 Å². The second kappa shape index (κ2) is 14.0. The van der Waals surface area contributed by atoms with Gasteiger partial charge >= 0.3 is 5.97 Å². The van der Waals surface area contributed by atoms with Gasteiger partial charge in [-0.05, 0) is 51.2 Å². The molecule has 7 nitrogen and oxygen atoms in total. The van der Waals surface area contributed by atoms with E-state index in [9.17, 15) is 4.79 Å². The van der Waals surface area contributed by atoms with Gasteiger partial charge in [-0.25, -0.2) is 4.98 Å². The fourth-order valence-corrected chi connectivity index (χ4v) is 4.87. The average molecular weight is 564 g/mol. The van der Waals surface area contributed by atoms with E-state index in [1.54, 1.807) is 4.90 Å². The van der Waals surface area contributed by atoms with E-state index in [0.29, 0.717) is 24.5 Å². The lowest BCUT2D eigenvalue weighted by Crippen LogP contribution is -2.35. The fraction of sp³-hybridized carbons (Fsp3) is 0.448. The van der Waals surface area contributed by atoms with E-state index in [1.807, 2.05) is 62.6 Å². The molecule has 206 valence electrons. The number of nitrogens with zero attached hydrogens (tertiary/aromatic N) is 2. The summed E-state index contributed by atoms with van der Waals surface area (Å²) in [7, 11) is 3.70. The zero-order chi connectivity index (χ0) is 24.9. The summed E-state index contributed by atoms with van der Waals surface area (Å²) in [5.41, 5.74) is 2.63. The lowest BCUT2D eigenvalue weighted by atomic mass is 9.97. The number of para-hydroxylation sites is 1. The van der Waals surface area contributed by atoms with Crippen LogP contribution in [0, 0.1) is 0 Å². The molecule has 1 saturated carbocycles. The largest absolute Gasteiger partial charge is 0.487 e. The lowest BCUT2D eigenvalue weighted by molar-refractivity contribution is -0.172. The number of fused-ring (bicyclic) bond motifs is 2. The van der Waals surface area contributed by atoms with Crippen molar-refractivity contribution in [1.29, 1.82) is 0 Å². The molecule has 2 aliphatic rings. The molecule has 0 bridgehead atoms. The molecule has 1 aliphatic carbocycles. The highest BCUT2D eigenvalue weighted by atomic mass is 35.5. The van der Waals surface area contributed by atoms with Gasteiger partial charge in [0.05, 0.1) is 30.3 Å². The number of halogens is 2. The molecule has 0 spiro atoms. The third kappa shape index (κ3) is 7.73. The van der Waals surface area contributed by atoms with Gasteiger partial charge in [-0.3, -0.25) is 9.69 Å². The van der Waals surface area contributed by atoms with Crippen LogP contribution in [0.25, 0.3) is 10.9 Å². The van der Waals surface area contributed by atoms with Gasteiger partial charge in [0.2, 0.25) is 6.29 Å². The summed E-state index contributed by atoms with van der Waals surface area (Å²) in [6.07, 6.45) is 5.46. The van der Waals surface area contributed by atoms with Crippen LogP contribution in [0.4, 0.5) is 0 Å². The maximum atomic E-state index is 12.5. The zero-order valence-corrected chi connectivity index (χ0v) is 23.5. The Morgan fingerprint density at radius 2 is 1.82 bits per heavy atom. The monoisotopic (exact) mass is 562 g/mol. The lowest BCUT2D eigenvalue weighted by Gasteiger charge is -2.35. The molecule has 2 atom stereocenters. The van der Waals surface area contributed by atoms with Crippen LogP contribution in [0.5, 0.6) is 11.5 Å². The Bertz CT molecular complexity index is 1200. The Hall–Kier alpha value is -2.58. The molecule has 2 heterocycles. The minimum Gasteiger partial charge on any atom is -0.487 e. The van der Waals surface area contributed by atoms with Crippen LogP contribution < -0.4 is 9.47 Å². The van der Waals surface area contributed by atoms with Gasteiger partial charge in [0, 0.05) is 17.0 Å². The Labute approximate surface area is 236 Å². The van der Waals surface area contributed by atoms with Gasteiger partial charge in [0.1, 0.15) is 24.2 Å². The first kappa shape index (κ1) is 30.0. The van der Waals surface area contributed by atoms with E-state index >= 15 is 0 Å². The normalized spacial score (nSPS) is 19.0. The van der Waals surface area contributed by atoms with Gasteiger partial charge in [-0.15, -0.1) is 24.8 Å². The molecule has 0 saturated heterocycles. The highest BCUT2D eigenvalue weighted by Crippen LogP contribution is 2.40. The van der Waals surface area contributed by atoms with Crippen LogP contribution >= 0.6 is 24.8 Å². The van der Waals surface area contributed by atoms with E-state index < -0.39 is 12.4 Å². The standard InChI is InChI=1S/C29H34N2O5.2ClH/c1-31(2)18-28(32)35-27-17-29(34-22-9-4-3-5-10-22)36-26-16-23(14-15-24(26)27)33-19-21-13-12-20-8-6-7-11-25(20)30-21;;/h6-8,11-16,22,27,29H,3-5,9-10,17-19H2,1-2H3;2*1H. The highest BCUT2D eigenvalue weighted by Gasteiger charge is 2.34. The smallest absolute Gasteiger partial charge is 0.320 e. The summed E-state index contributed by atoms with van der Waals surface area (Å²) >= 11 is 0. The van der Waals surface area contributed by atoms with Crippen LogP contribution in [0.2, 0.25) is 0 Å². The van der Waals surface area contributed by atoms with Crippen molar-refractivity contribution in [2.24, 2.45) is 0 Å². The molecular weight excluding hydrogens is 527 g/mol. The Kier molecular flexibility index (Phi) is 11.0. The Morgan fingerprint density at radius 1 is 1.03 bits per heavy atom. The summed E-state index contributed by atoms with van der Waals surface area (Å²) < 4.78 is 24.5. The fourth-order valence-electron chi connectivity index (χ4n) is 4.87. The predicted octanol–water partition coefficient (Wildman–Crippen LogP) is 6.26. The summed E-state index contributed by atoms with van der Waals surface area (Å²) in [5, 5.41) is 1.10. The second-order valence-corrected chi connectivity index (χ2v) is 9.88. The highest BCUT2D eigenvalue weighted by molar-refractivity contribution is 5.85. The van der Waals surface area contributed by atoms with Crippen LogP contribution in [-0.4, -0.2) is 48.9 Å². The first-order valence-corrected chi connectivity index (χ1v) is 12.8. The number of ether oxygens (including phenoxy) is 4. The van der Waals surface area contributed by atoms with Crippen molar-refractivity contribution in [2.45, 2.75) is 63.6 Å². The Morgan fingerprint density at radius 3 is 2.61 bits per heavy atom. The maximum Gasteiger partial charge on any atom is 0.320 e. The number of aromatic nitrogens is 1. The summed E-state index contributed by atoms with van der Waals surface area (Å²) in [5.74, 6) is 1.03. The zero-order valence-electron chi connectivity index (χ0n) is 21.8. The number of likely N-dealkylation sites (N-methyl/N-ethyl adjacent to an activating group) is 1. The maximum absolute atomic E-state index is 12.5. The molecule has 0 amide bonds. The first-order chi connectivity index (χ1) is 17.5. The van der Waals surface area contributed by atoms with Crippen LogP contribution in [0.1, 0.15) is 55.9 Å². The van der Waals surface area contributed by atoms with Gasteiger partial charge < -0.3 is 18.9 Å². The van der Waals surface area contributed by atoms with Crippen molar-refractivity contribution in [3.63, 3.8) is 0 Å². The van der Waals surface area contributed by atoms with Crippen LogP contribution in [0.15, 0.2) is 54.6 Å². The second-order valence-electron chi connectivity index (χ2n) is 9.88. The number of carbonyl (C=O) groups is 1. The SMILES string of the molecule is CN(C)CC(=O)OC1CC(OC2CCCCC2)Oc2cc(OCc3ccc4ccccc4n3)ccc21.Cl.Cl. The Balaban J connectivity index is 0.00000200. The van der Waals surface area contributed by atoms with Gasteiger partial charge in [0.15, 0.2) is 0 Å². The van der Waals surface area contributed by atoms with Crippen molar-refractivity contribution in [3.8, 4) is 11.5 Å². The number of pyridine rings is 1. The van der Waals surface area contributed by atoms with Gasteiger partial charge in [-0.1, -0.05) is 43.5 Å². The van der Waals surface area contributed by atoms with E-state index in [0.717, 1.165) is 35.0 Å². The molecule has 3 aromatic rings. The molecule has 2 unspecified atom stereocenters. The summed E-state index contributed by atoms with van der Waals surface area (Å²) in [6.45, 7) is 0.563. The van der Waals surface area contributed by atoms with E-state index in [4.69, 9.17) is 18.9 Å². The molecule has 2 aromatic carbocycles. The first-order valence-electron chi connectivity index (χ1n) is 12.8. The summed E-state index contributed by atoms with van der Waals surface area (Å²) in [6, 6.07) is 17.7. The molecule has 0 radical (unpaired) electrons. The minimum atomic E-state index is -0.463. The van der Waals surface area contributed by atoms with E-state index in [1.165, 1.54) is 19.3 Å². The molecule has 38 heavy (non-hydrogen) atoms. The number of carbonyl (C=O) groups excluding carboxylic acids is 1. The topological polar surface area (TPSA) is 70.1 Å².